The molecule has 1 unspecified atom stereocenters. The zero-order valence-corrected chi connectivity index (χ0v) is 13.2. The van der Waals surface area contributed by atoms with Gasteiger partial charge in [0.2, 0.25) is 0 Å². The van der Waals surface area contributed by atoms with Crippen LogP contribution in [-0.4, -0.2) is 12.2 Å². The second-order valence-corrected chi connectivity index (χ2v) is 5.79. The molecule has 1 N–H and O–H groups in total. The Labute approximate surface area is 127 Å². The van der Waals surface area contributed by atoms with E-state index in [-0.39, 0.29) is 5.56 Å². The third-order valence-corrected chi connectivity index (χ3v) is 3.73. The molecule has 0 fully saturated rings. The van der Waals surface area contributed by atoms with E-state index < -0.39 is 11.9 Å². The molecule has 0 saturated carbocycles. The van der Waals surface area contributed by atoms with Gasteiger partial charge in [0.25, 0.3) is 0 Å². The van der Waals surface area contributed by atoms with Crippen molar-refractivity contribution in [2.45, 2.75) is 6.10 Å². The predicted molar refractivity (Wildman–Crippen MR) is 78.9 cm³/mol. The summed E-state index contributed by atoms with van der Waals surface area (Å²) in [5, 5.41) is 10.3. The summed E-state index contributed by atoms with van der Waals surface area (Å²) in [5.74, 6) is 0.0434. The van der Waals surface area contributed by atoms with E-state index in [9.17, 15) is 9.50 Å². The van der Waals surface area contributed by atoms with E-state index in [2.05, 4.69) is 31.9 Å². The van der Waals surface area contributed by atoms with Gasteiger partial charge in [-0.3, -0.25) is 0 Å². The second-order valence-electron chi connectivity index (χ2n) is 3.95. The SMILES string of the molecule is COc1cc(Br)ccc1C(O)c1cc(Br)ccc1F. The van der Waals surface area contributed by atoms with Crippen molar-refractivity contribution >= 4 is 31.9 Å². The van der Waals surface area contributed by atoms with Crippen LogP contribution in [0.2, 0.25) is 0 Å². The minimum atomic E-state index is -1.08. The number of rotatable bonds is 3. The van der Waals surface area contributed by atoms with Gasteiger partial charge in [-0.1, -0.05) is 37.9 Å². The fraction of sp³-hybridized carbons (Fsp3) is 0.143. The first-order valence-electron chi connectivity index (χ1n) is 5.49. The molecule has 0 heterocycles. The average Bonchev–Trinajstić information content (AvgIpc) is 2.40. The van der Waals surface area contributed by atoms with Crippen LogP contribution in [0.25, 0.3) is 0 Å². The summed E-state index contributed by atoms with van der Waals surface area (Å²) < 4.78 is 20.5. The number of hydrogen-bond donors (Lipinski definition) is 1. The zero-order valence-electron chi connectivity index (χ0n) is 10.0. The molecule has 0 aromatic heterocycles. The van der Waals surface area contributed by atoms with Crippen LogP contribution in [0.5, 0.6) is 5.75 Å². The highest BCUT2D eigenvalue weighted by molar-refractivity contribution is 9.10. The Kier molecular flexibility index (Phi) is 4.60. The van der Waals surface area contributed by atoms with Gasteiger partial charge in [-0.25, -0.2) is 4.39 Å². The van der Waals surface area contributed by atoms with Gasteiger partial charge in [0.1, 0.15) is 17.7 Å². The van der Waals surface area contributed by atoms with Crippen molar-refractivity contribution in [3.05, 3.63) is 62.3 Å². The normalized spacial score (nSPS) is 12.3. The lowest BCUT2D eigenvalue weighted by Gasteiger charge is -2.16. The van der Waals surface area contributed by atoms with Gasteiger partial charge in [0, 0.05) is 20.1 Å². The fourth-order valence-corrected chi connectivity index (χ4v) is 2.52. The molecule has 5 heteroatoms. The van der Waals surface area contributed by atoms with Crippen LogP contribution in [0.3, 0.4) is 0 Å². The highest BCUT2D eigenvalue weighted by Gasteiger charge is 2.19. The molecule has 2 aromatic carbocycles. The Balaban J connectivity index is 2.49. The smallest absolute Gasteiger partial charge is 0.129 e. The summed E-state index contributed by atoms with van der Waals surface area (Å²) >= 11 is 6.59. The van der Waals surface area contributed by atoms with Crippen molar-refractivity contribution in [1.29, 1.82) is 0 Å². The van der Waals surface area contributed by atoms with E-state index in [1.807, 2.05) is 0 Å². The molecule has 19 heavy (non-hydrogen) atoms. The molecule has 2 rings (SSSR count). The van der Waals surface area contributed by atoms with Gasteiger partial charge in [0.05, 0.1) is 7.11 Å². The molecule has 2 nitrogen and oxygen atoms in total. The topological polar surface area (TPSA) is 29.5 Å². The maximum absolute atomic E-state index is 13.8. The van der Waals surface area contributed by atoms with Crippen molar-refractivity contribution < 1.29 is 14.2 Å². The van der Waals surface area contributed by atoms with Crippen molar-refractivity contribution in [3.63, 3.8) is 0 Å². The number of hydrogen-bond acceptors (Lipinski definition) is 2. The molecule has 0 radical (unpaired) electrons. The Bertz CT molecular complexity index is 602. The van der Waals surface area contributed by atoms with E-state index in [1.165, 1.54) is 13.2 Å². The number of halogens is 3. The summed E-state index contributed by atoms with van der Waals surface area (Å²) in [6.07, 6.45) is -1.08. The van der Waals surface area contributed by atoms with E-state index in [4.69, 9.17) is 4.74 Å². The summed E-state index contributed by atoms with van der Waals surface area (Å²) in [6, 6.07) is 9.67. The molecule has 1 atom stereocenters. The maximum Gasteiger partial charge on any atom is 0.129 e. The van der Waals surface area contributed by atoms with Gasteiger partial charge in [-0.05, 0) is 30.3 Å². The largest absolute Gasteiger partial charge is 0.496 e. The number of methoxy groups -OCH3 is 1. The van der Waals surface area contributed by atoms with Gasteiger partial charge in [-0.15, -0.1) is 0 Å². The van der Waals surface area contributed by atoms with E-state index in [0.717, 1.165) is 4.47 Å². The van der Waals surface area contributed by atoms with Gasteiger partial charge >= 0.3 is 0 Å². The van der Waals surface area contributed by atoms with E-state index in [1.54, 1.807) is 30.3 Å². The van der Waals surface area contributed by atoms with Crippen LogP contribution in [-0.2, 0) is 0 Å². The molecular formula is C14H11Br2FO2. The summed E-state index contributed by atoms with van der Waals surface area (Å²) in [6.45, 7) is 0. The standard InChI is InChI=1S/C14H11Br2FO2/c1-19-13-7-9(16)2-4-10(13)14(18)11-6-8(15)3-5-12(11)17/h2-7,14,18H,1H3. The third kappa shape index (κ3) is 3.16. The van der Waals surface area contributed by atoms with E-state index in [0.29, 0.717) is 15.8 Å². The fourth-order valence-electron chi connectivity index (χ4n) is 1.80. The molecule has 0 aliphatic heterocycles. The third-order valence-electron chi connectivity index (χ3n) is 2.74. The summed E-state index contributed by atoms with van der Waals surface area (Å²) in [4.78, 5) is 0. The van der Waals surface area contributed by atoms with Crippen molar-refractivity contribution in [3.8, 4) is 5.75 Å². The van der Waals surface area contributed by atoms with Crippen LogP contribution in [0.4, 0.5) is 4.39 Å². The monoisotopic (exact) mass is 388 g/mol. The first-order chi connectivity index (χ1) is 9.02. The molecular weight excluding hydrogens is 379 g/mol. The van der Waals surface area contributed by atoms with E-state index >= 15 is 0 Å². The molecule has 0 amide bonds. The Morgan fingerprint density at radius 2 is 1.68 bits per heavy atom. The van der Waals surface area contributed by atoms with Crippen molar-refractivity contribution in [1.82, 2.24) is 0 Å². The minimum absolute atomic E-state index is 0.204. The molecule has 2 aromatic rings. The highest BCUT2D eigenvalue weighted by atomic mass is 79.9. The van der Waals surface area contributed by atoms with Crippen molar-refractivity contribution in [2.24, 2.45) is 0 Å². The summed E-state index contributed by atoms with van der Waals surface area (Å²) in [5.41, 5.74) is 0.720. The molecule has 0 bridgehead atoms. The second kappa shape index (κ2) is 6.03. The van der Waals surface area contributed by atoms with Crippen LogP contribution < -0.4 is 4.74 Å². The first-order valence-corrected chi connectivity index (χ1v) is 7.08. The molecule has 0 aliphatic rings. The Morgan fingerprint density at radius 3 is 2.37 bits per heavy atom. The number of aliphatic hydroxyl groups excluding tert-OH is 1. The Hall–Kier alpha value is -0.910. The molecule has 0 saturated heterocycles. The molecule has 0 aliphatic carbocycles. The van der Waals surface area contributed by atoms with Gasteiger partial charge < -0.3 is 9.84 Å². The maximum atomic E-state index is 13.8. The van der Waals surface area contributed by atoms with Crippen LogP contribution in [0.15, 0.2) is 45.3 Å². The summed E-state index contributed by atoms with van der Waals surface area (Å²) in [7, 11) is 1.51. The van der Waals surface area contributed by atoms with Gasteiger partial charge in [0.15, 0.2) is 0 Å². The zero-order chi connectivity index (χ0) is 14.0. The number of ether oxygens (including phenoxy) is 1. The van der Waals surface area contributed by atoms with Crippen LogP contribution in [0.1, 0.15) is 17.2 Å². The number of aliphatic hydroxyl groups is 1. The lowest BCUT2D eigenvalue weighted by Crippen LogP contribution is -2.05. The average molecular weight is 390 g/mol. The highest BCUT2D eigenvalue weighted by Crippen LogP contribution is 2.34. The van der Waals surface area contributed by atoms with Crippen molar-refractivity contribution in [2.75, 3.05) is 7.11 Å². The first kappa shape index (κ1) is 14.5. The quantitative estimate of drug-likeness (QED) is 0.840. The predicted octanol–water partition coefficient (Wildman–Crippen LogP) is 4.44. The van der Waals surface area contributed by atoms with Crippen LogP contribution >= 0.6 is 31.9 Å². The number of benzene rings is 2. The Morgan fingerprint density at radius 1 is 1.05 bits per heavy atom. The molecule has 100 valence electrons. The van der Waals surface area contributed by atoms with Crippen LogP contribution in [0, 0.1) is 5.82 Å². The van der Waals surface area contributed by atoms with Gasteiger partial charge in [-0.2, -0.15) is 0 Å². The minimum Gasteiger partial charge on any atom is -0.496 e. The lowest BCUT2D eigenvalue weighted by atomic mass is 10.0. The lowest BCUT2D eigenvalue weighted by molar-refractivity contribution is 0.209. The molecule has 0 spiro atoms.